The highest BCUT2D eigenvalue weighted by Crippen LogP contribution is 2.22. The number of carbonyl (C=O) groups is 1. The Morgan fingerprint density at radius 2 is 1.88 bits per heavy atom. The molecule has 0 unspecified atom stereocenters. The molecule has 4 rings (SSSR count). The van der Waals surface area contributed by atoms with Crippen LogP contribution in [0, 0.1) is 0 Å². The zero-order chi connectivity index (χ0) is 16.5. The molecule has 5 heteroatoms. The summed E-state index contributed by atoms with van der Waals surface area (Å²) >= 11 is 0. The van der Waals surface area contributed by atoms with E-state index >= 15 is 0 Å². The van der Waals surface area contributed by atoms with Crippen LogP contribution in [0.2, 0.25) is 0 Å². The van der Waals surface area contributed by atoms with Crippen LogP contribution in [-0.4, -0.2) is 46.5 Å². The summed E-state index contributed by atoms with van der Waals surface area (Å²) < 4.78 is 7.40. The Labute approximate surface area is 141 Å². The Balaban J connectivity index is 1.42. The predicted molar refractivity (Wildman–Crippen MR) is 92.8 cm³/mol. The van der Waals surface area contributed by atoms with E-state index in [1.807, 2.05) is 4.90 Å². The topological polar surface area (TPSA) is 41.6 Å². The number of aryl methyl sites for hydroxylation is 1. The molecule has 24 heavy (non-hydrogen) atoms. The molecule has 1 saturated heterocycles. The third-order valence-electron chi connectivity index (χ3n) is 4.76. The third kappa shape index (κ3) is 2.71. The molecule has 1 aromatic carbocycles. The summed E-state index contributed by atoms with van der Waals surface area (Å²) in [6.45, 7) is 4.17. The summed E-state index contributed by atoms with van der Waals surface area (Å²) in [4.78, 5) is 16.6. The summed E-state index contributed by atoms with van der Waals surface area (Å²) in [5, 5.41) is 1.31. The monoisotopic (exact) mass is 323 g/mol. The summed E-state index contributed by atoms with van der Waals surface area (Å²) in [5.41, 5.74) is 2.61. The van der Waals surface area contributed by atoms with Crippen LogP contribution >= 0.6 is 0 Å². The van der Waals surface area contributed by atoms with Crippen molar-refractivity contribution in [1.29, 1.82) is 0 Å². The number of hydrogen-bond acceptors (Lipinski definition) is 3. The number of furan rings is 1. The van der Waals surface area contributed by atoms with Gasteiger partial charge in [-0.25, -0.2) is 0 Å². The normalized spacial score (nSPS) is 16.0. The van der Waals surface area contributed by atoms with E-state index in [4.69, 9.17) is 4.42 Å². The lowest BCUT2D eigenvalue weighted by molar-refractivity contribution is 0.0598. The molecular formula is C19H21N3O2. The van der Waals surface area contributed by atoms with Crippen LogP contribution in [0.3, 0.4) is 0 Å². The van der Waals surface area contributed by atoms with Crippen LogP contribution in [0.1, 0.15) is 16.1 Å². The number of benzene rings is 1. The average Bonchev–Trinajstić information content (AvgIpc) is 3.25. The van der Waals surface area contributed by atoms with Crippen molar-refractivity contribution in [3.8, 4) is 0 Å². The molecule has 2 aromatic heterocycles. The van der Waals surface area contributed by atoms with Gasteiger partial charge >= 0.3 is 0 Å². The van der Waals surface area contributed by atoms with Gasteiger partial charge in [0.2, 0.25) is 0 Å². The van der Waals surface area contributed by atoms with Crippen LogP contribution in [0.4, 0.5) is 0 Å². The highest BCUT2D eigenvalue weighted by molar-refractivity contribution is 5.91. The van der Waals surface area contributed by atoms with E-state index in [0.717, 1.165) is 32.7 Å². The Bertz CT molecular complexity index is 843. The van der Waals surface area contributed by atoms with Gasteiger partial charge in [-0.1, -0.05) is 18.2 Å². The van der Waals surface area contributed by atoms with Crippen molar-refractivity contribution in [2.24, 2.45) is 7.05 Å². The first-order valence-electron chi connectivity index (χ1n) is 8.30. The van der Waals surface area contributed by atoms with Crippen LogP contribution in [0.15, 0.2) is 53.3 Å². The smallest absolute Gasteiger partial charge is 0.289 e. The zero-order valence-electron chi connectivity index (χ0n) is 13.8. The van der Waals surface area contributed by atoms with Crippen LogP contribution < -0.4 is 0 Å². The minimum Gasteiger partial charge on any atom is -0.459 e. The van der Waals surface area contributed by atoms with Gasteiger partial charge in [0.25, 0.3) is 5.91 Å². The molecule has 0 saturated carbocycles. The first-order valence-corrected chi connectivity index (χ1v) is 8.30. The highest BCUT2D eigenvalue weighted by Gasteiger charge is 2.24. The van der Waals surface area contributed by atoms with Gasteiger partial charge in [-0.2, -0.15) is 0 Å². The van der Waals surface area contributed by atoms with E-state index in [2.05, 4.69) is 47.0 Å². The van der Waals surface area contributed by atoms with Crippen LogP contribution in [0.5, 0.6) is 0 Å². The molecule has 1 fully saturated rings. The van der Waals surface area contributed by atoms with Crippen LogP contribution in [-0.2, 0) is 13.6 Å². The number of aromatic nitrogens is 1. The second kappa shape index (κ2) is 6.17. The molecule has 3 heterocycles. The fourth-order valence-electron chi connectivity index (χ4n) is 3.46. The lowest BCUT2D eigenvalue weighted by atomic mass is 10.1. The fourth-order valence-corrected chi connectivity index (χ4v) is 3.46. The van der Waals surface area contributed by atoms with Crippen molar-refractivity contribution in [2.75, 3.05) is 26.2 Å². The summed E-state index contributed by atoms with van der Waals surface area (Å²) in [6, 6.07) is 12.0. The Hall–Kier alpha value is -2.53. The van der Waals surface area contributed by atoms with E-state index < -0.39 is 0 Å². The van der Waals surface area contributed by atoms with E-state index in [-0.39, 0.29) is 5.91 Å². The molecule has 1 amide bonds. The first kappa shape index (κ1) is 15.0. The Kier molecular flexibility index (Phi) is 3.86. The summed E-state index contributed by atoms with van der Waals surface area (Å²) in [5.74, 6) is 0.419. The van der Waals surface area contributed by atoms with Crippen molar-refractivity contribution < 1.29 is 9.21 Å². The fraction of sp³-hybridized carbons (Fsp3) is 0.316. The van der Waals surface area contributed by atoms with Crippen molar-refractivity contribution in [2.45, 2.75) is 6.54 Å². The van der Waals surface area contributed by atoms with Gasteiger partial charge in [-0.15, -0.1) is 0 Å². The highest BCUT2D eigenvalue weighted by atomic mass is 16.3. The lowest BCUT2D eigenvalue weighted by Gasteiger charge is -2.34. The number of piperazine rings is 1. The SMILES string of the molecule is Cn1cc(CN2CCN(C(=O)c3ccco3)CC2)c2ccccc21. The second-order valence-corrected chi connectivity index (χ2v) is 6.33. The maximum Gasteiger partial charge on any atom is 0.289 e. The van der Waals surface area contributed by atoms with E-state index in [9.17, 15) is 4.79 Å². The number of hydrogen-bond donors (Lipinski definition) is 0. The quantitative estimate of drug-likeness (QED) is 0.744. The van der Waals surface area contributed by atoms with Crippen molar-refractivity contribution in [3.63, 3.8) is 0 Å². The van der Waals surface area contributed by atoms with Gasteiger partial charge < -0.3 is 13.9 Å². The Morgan fingerprint density at radius 3 is 2.62 bits per heavy atom. The zero-order valence-corrected chi connectivity index (χ0v) is 13.8. The molecule has 0 atom stereocenters. The predicted octanol–water partition coefficient (Wildman–Crippen LogP) is 2.73. The Morgan fingerprint density at radius 1 is 1.08 bits per heavy atom. The maximum absolute atomic E-state index is 12.3. The number of para-hydroxylation sites is 1. The standard InChI is InChI=1S/C19H21N3O2/c1-20-13-15(16-5-2-3-6-17(16)20)14-21-8-10-22(11-9-21)19(23)18-7-4-12-24-18/h2-7,12-13H,8-11,14H2,1H3. The molecular weight excluding hydrogens is 302 g/mol. The molecule has 124 valence electrons. The van der Waals surface area contributed by atoms with Gasteiger partial charge in [-0.05, 0) is 23.8 Å². The number of rotatable bonds is 3. The largest absolute Gasteiger partial charge is 0.459 e. The number of fused-ring (bicyclic) bond motifs is 1. The van der Waals surface area contributed by atoms with Gasteiger partial charge in [-0.3, -0.25) is 9.69 Å². The van der Waals surface area contributed by atoms with E-state index in [1.165, 1.54) is 16.5 Å². The van der Waals surface area contributed by atoms with Gasteiger partial charge in [0.15, 0.2) is 5.76 Å². The molecule has 0 spiro atoms. The molecule has 0 bridgehead atoms. The number of amides is 1. The molecule has 0 N–H and O–H groups in total. The third-order valence-corrected chi connectivity index (χ3v) is 4.76. The first-order chi connectivity index (χ1) is 11.7. The minimum absolute atomic E-state index is 0.00943. The van der Waals surface area contributed by atoms with Gasteiger partial charge in [0.1, 0.15) is 0 Å². The van der Waals surface area contributed by atoms with Crippen molar-refractivity contribution in [3.05, 3.63) is 60.2 Å². The average molecular weight is 323 g/mol. The molecule has 0 aliphatic carbocycles. The number of carbonyl (C=O) groups excluding carboxylic acids is 1. The van der Waals surface area contributed by atoms with Gasteiger partial charge in [0.05, 0.1) is 6.26 Å². The molecule has 3 aromatic rings. The molecule has 1 aliphatic heterocycles. The lowest BCUT2D eigenvalue weighted by Crippen LogP contribution is -2.48. The van der Waals surface area contributed by atoms with Gasteiger partial charge in [0, 0.05) is 56.9 Å². The molecule has 0 radical (unpaired) electrons. The van der Waals surface area contributed by atoms with E-state index in [1.54, 1.807) is 18.4 Å². The summed E-state index contributed by atoms with van der Waals surface area (Å²) in [6.07, 6.45) is 3.76. The van der Waals surface area contributed by atoms with Crippen LogP contribution in [0.25, 0.3) is 10.9 Å². The van der Waals surface area contributed by atoms with E-state index in [0.29, 0.717) is 5.76 Å². The molecule has 1 aliphatic rings. The van der Waals surface area contributed by atoms with Crippen molar-refractivity contribution >= 4 is 16.8 Å². The minimum atomic E-state index is -0.00943. The molecule has 5 nitrogen and oxygen atoms in total. The second-order valence-electron chi connectivity index (χ2n) is 6.33. The maximum atomic E-state index is 12.3. The summed E-state index contributed by atoms with van der Waals surface area (Å²) in [7, 11) is 2.09. The number of nitrogens with zero attached hydrogens (tertiary/aromatic N) is 3. The van der Waals surface area contributed by atoms with Crippen molar-refractivity contribution in [1.82, 2.24) is 14.4 Å².